The minimum absolute atomic E-state index is 1.06. The number of nitrogens with zero attached hydrogens (tertiary/aromatic N) is 4. The topological polar surface area (TPSA) is 35.6 Å². The molecule has 0 amide bonds. The molecule has 0 N–H and O–H groups in total. The van der Waals surface area contributed by atoms with Gasteiger partial charge in [-0.1, -0.05) is 103 Å². The van der Waals surface area contributed by atoms with Gasteiger partial charge in [-0.25, -0.2) is 0 Å². The summed E-state index contributed by atoms with van der Waals surface area (Å²) in [7, 11) is 0. The first kappa shape index (κ1) is 25.1. The van der Waals surface area contributed by atoms with Crippen LogP contribution in [-0.2, 0) is 0 Å². The van der Waals surface area contributed by atoms with Crippen molar-refractivity contribution in [1.29, 1.82) is 0 Å². The summed E-state index contributed by atoms with van der Waals surface area (Å²) < 4.78 is 4.79. The van der Waals surface area contributed by atoms with Crippen LogP contribution in [0.25, 0.3) is 87.7 Å². The van der Waals surface area contributed by atoms with E-state index in [1.807, 2.05) is 12.4 Å². The smallest absolute Gasteiger partial charge is 0.0619 e. The van der Waals surface area contributed by atoms with Crippen LogP contribution in [0.15, 0.2) is 158 Å². The Morgan fingerprint density at radius 2 is 1.00 bits per heavy atom. The lowest BCUT2D eigenvalue weighted by Crippen LogP contribution is -1.99. The van der Waals surface area contributed by atoms with Gasteiger partial charge in [0.05, 0.1) is 40.1 Å². The minimum atomic E-state index is 1.06. The summed E-state index contributed by atoms with van der Waals surface area (Å²) in [4.78, 5) is 0. The van der Waals surface area contributed by atoms with Gasteiger partial charge >= 0.3 is 0 Å². The first-order valence-electron chi connectivity index (χ1n) is 15.6. The van der Waals surface area contributed by atoms with Gasteiger partial charge in [0.25, 0.3) is 0 Å². The fourth-order valence-corrected chi connectivity index (χ4v) is 7.51. The van der Waals surface area contributed by atoms with Crippen molar-refractivity contribution in [3.63, 3.8) is 0 Å². The van der Waals surface area contributed by atoms with E-state index < -0.39 is 0 Å². The third-order valence-electron chi connectivity index (χ3n) is 9.48. The Morgan fingerprint density at radius 1 is 0.370 bits per heavy atom. The lowest BCUT2D eigenvalue weighted by molar-refractivity contribution is 1.05. The molecule has 3 heterocycles. The van der Waals surface area contributed by atoms with E-state index in [9.17, 15) is 0 Å². The van der Waals surface area contributed by atoms with Crippen LogP contribution in [0.4, 0.5) is 0 Å². The number of para-hydroxylation sites is 4. The van der Waals surface area contributed by atoms with Crippen LogP contribution in [0, 0.1) is 0 Å². The Labute approximate surface area is 264 Å². The normalized spacial score (nSPS) is 11.9. The van der Waals surface area contributed by atoms with E-state index in [2.05, 4.69) is 165 Å². The van der Waals surface area contributed by atoms with Gasteiger partial charge in [-0.2, -0.15) is 10.2 Å². The van der Waals surface area contributed by atoms with Crippen molar-refractivity contribution in [2.75, 3.05) is 0 Å². The summed E-state index contributed by atoms with van der Waals surface area (Å²) in [6.07, 6.45) is 3.84. The summed E-state index contributed by atoms with van der Waals surface area (Å²) in [5.74, 6) is 0. The second kappa shape index (κ2) is 9.62. The first-order valence-corrected chi connectivity index (χ1v) is 15.6. The second-order valence-corrected chi connectivity index (χ2v) is 11.9. The van der Waals surface area contributed by atoms with Crippen LogP contribution in [0.5, 0.6) is 0 Å². The van der Waals surface area contributed by atoms with Crippen LogP contribution >= 0.6 is 0 Å². The fourth-order valence-electron chi connectivity index (χ4n) is 7.51. The third kappa shape index (κ3) is 3.49. The second-order valence-electron chi connectivity index (χ2n) is 11.9. The van der Waals surface area contributed by atoms with Crippen molar-refractivity contribution in [1.82, 2.24) is 19.3 Å². The van der Waals surface area contributed by atoms with Gasteiger partial charge in [-0.05, 0) is 58.8 Å². The summed E-state index contributed by atoms with van der Waals surface area (Å²) in [6.45, 7) is 0. The zero-order valence-corrected chi connectivity index (χ0v) is 24.8. The van der Waals surface area contributed by atoms with E-state index >= 15 is 0 Å². The number of rotatable bonds is 3. The standard InChI is InChI=1S/C42H26N4/c1-2-13-29(14-3-1)45-38-19-8-6-15-31(38)34-18-10-17-33(42(34)45)30-21-22-40(37-26-44-43-25-36(30)37)46-39-20-9-7-16-32(39)35-23-27-11-4-5-12-28(27)24-41(35)46/h1-26H. The Hall–Kier alpha value is -6.26. The number of fused-ring (bicyclic) bond motifs is 8. The maximum Gasteiger partial charge on any atom is 0.0619 e. The molecule has 0 unspecified atom stereocenters. The molecule has 0 spiro atoms. The Balaban J connectivity index is 1.30. The summed E-state index contributed by atoms with van der Waals surface area (Å²) in [5.41, 5.74) is 9.24. The molecule has 0 saturated heterocycles. The summed E-state index contributed by atoms with van der Waals surface area (Å²) in [6, 6.07) is 52.4. The monoisotopic (exact) mass is 586 g/mol. The number of hydrogen-bond acceptors (Lipinski definition) is 2. The SMILES string of the molecule is c1ccc(-n2c3ccccc3c3cccc(-c4ccc(-n5c6ccccc6c6cc7ccccc7cc65)c5cnncc45)c32)cc1. The summed E-state index contributed by atoms with van der Waals surface area (Å²) >= 11 is 0. The number of benzene rings is 7. The van der Waals surface area contributed by atoms with Crippen LogP contribution < -0.4 is 0 Å². The average Bonchev–Trinajstić information content (AvgIpc) is 3.63. The maximum absolute atomic E-state index is 4.42. The molecule has 0 atom stereocenters. The third-order valence-corrected chi connectivity index (χ3v) is 9.48. The van der Waals surface area contributed by atoms with Gasteiger partial charge in [0.1, 0.15) is 0 Å². The highest BCUT2D eigenvalue weighted by Crippen LogP contribution is 2.42. The van der Waals surface area contributed by atoms with E-state index in [0.717, 1.165) is 33.3 Å². The summed E-state index contributed by atoms with van der Waals surface area (Å²) in [5, 5.41) is 18.4. The average molecular weight is 587 g/mol. The molecule has 3 aromatic heterocycles. The van der Waals surface area contributed by atoms with Crippen molar-refractivity contribution in [3.8, 4) is 22.5 Å². The lowest BCUT2D eigenvalue weighted by atomic mass is 9.96. The van der Waals surface area contributed by atoms with Crippen molar-refractivity contribution in [3.05, 3.63) is 158 Å². The Bertz CT molecular complexity index is 2810. The van der Waals surface area contributed by atoms with E-state index in [4.69, 9.17) is 0 Å². The van der Waals surface area contributed by atoms with Crippen molar-refractivity contribution in [2.45, 2.75) is 0 Å². The highest BCUT2D eigenvalue weighted by atomic mass is 15.1. The first-order chi connectivity index (χ1) is 22.8. The van der Waals surface area contributed by atoms with Gasteiger partial charge < -0.3 is 9.13 Å². The van der Waals surface area contributed by atoms with E-state index in [0.29, 0.717) is 0 Å². The molecule has 10 rings (SSSR count). The number of hydrogen-bond donors (Lipinski definition) is 0. The molecule has 0 radical (unpaired) electrons. The van der Waals surface area contributed by atoms with Crippen molar-refractivity contribution < 1.29 is 0 Å². The minimum Gasteiger partial charge on any atom is -0.309 e. The largest absolute Gasteiger partial charge is 0.309 e. The van der Waals surface area contributed by atoms with E-state index in [1.54, 1.807) is 0 Å². The molecule has 0 fully saturated rings. The van der Waals surface area contributed by atoms with Crippen LogP contribution in [0.3, 0.4) is 0 Å². The Kier molecular flexibility index (Phi) is 5.25. The molecule has 0 aliphatic rings. The van der Waals surface area contributed by atoms with E-state index in [-0.39, 0.29) is 0 Å². The molecule has 46 heavy (non-hydrogen) atoms. The molecule has 0 saturated carbocycles. The molecular formula is C42H26N4. The van der Waals surface area contributed by atoms with Crippen LogP contribution in [-0.4, -0.2) is 19.3 Å². The molecule has 7 aromatic carbocycles. The Morgan fingerprint density at radius 3 is 1.80 bits per heavy atom. The fraction of sp³-hybridized carbons (Fsp3) is 0. The molecule has 0 aliphatic heterocycles. The van der Waals surface area contributed by atoms with Crippen LogP contribution in [0.2, 0.25) is 0 Å². The molecule has 4 nitrogen and oxygen atoms in total. The zero-order chi connectivity index (χ0) is 30.2. The molecule has 10 aromatic rings. The van der Waals surface area contributed by atoms with Gasteiger partial charge in [0, 0.05) is 43.6 Å². The van der Waals surface area contributed by atoms with Gasteiger partial charge in [-0.3, -0.25) is 0 Å². The molecule has 0 bridgehead atoms. The quantitative estimate of drug-likeness (QED) is 0.206. The highest BCUT2D eigenvalue weighted by Gasteiger charge is 2.20. The van der Waals surface area contributed by atoms with Crippen molar-refractivity contribution in [2.24, 2.45) is 0 Å². The zero-order valence-electron chi connectivity index (χ0n) is 24.8. The van der Waals surface area contributed by atoms with Crippen LogP contribution in [0.1, 0.15) is 0 Å². The molecular weight excluding hydrogens is 560 g/mol. The van der Waals surface area contributed by atoms with Gasteiger partial charge in [-0.15, -0.1) is 0 Å². The molecule has 0 aliphatic carbocycles. The molecule has 214 valence electrons. The number of aromatic nitrogens is 4. The van der Waals surface area contributed by atoms with E-state index in [1.165, 1.54) is 54.4 Å². The lowest BCUT2D eigenvalue weighted by Gasteiger charge is -2.16. The van der Waals surface area contributed by atoms with Gasteiger partial charge in [0.15, 0.2) is 0 Å². The predicted octanol–water partition coefficient (Wildman–Crippen LogP) is 10.6. The van der Waals surface area contributed by atoms with Crippen molar-refractivity contribution >= 4 is 65.2 Å². The highest BCUT2D eigenvalue weighted by molar-refractivity contribution is 6.18. The van der Waals surface area contributed by atoms with Gasteiger partial charge in [0.2, 0.25) is 0 Å². The molecule has 4 heteroatoms. The maximum atomic E-state index is 4.42. The predicted molar refractivity (Wildman–Crippen MR) is 191 cm³/mol.